The summed E-state index contributed by atoms with van der Waals surface area (Å²) in [6.45, 7) is 0. The highest BCUT2D eigenvalue weighted by Crippen LogP contribution is 2.48. The highest BCUT2D eigenvalue weighted by atomic mass is 79.9. The maximum atomic E-state index is 6.26. The van der Waals surface area contributed by atoms with Gasteiger partial charge in [-0.1, -0.05) is 182 Å². The van der Waals surface area contributed by atoms with E-state index in [0.717, 1.165) is 116 Å². The summed E-state index contributed by atoms with van der Waals surface area (Å²) in [6.07, 6.45) is 4.21. The Morgan fingerprint density at radius 3 is 1.37 bits per heavy atom. The quantitative estimate of drug-likeness (QED) is 0.171. The average Bonchev–Trinajstić information content (AvgIpc) is 1.65. The number of nitrogens with one attached hydrogen (secondary N) is 1. The smallest absolute Gasteiger partial charge is 0.135 e. The van der Waals surface area contributed by atoms with Crippen LogP contribution in [0.3, 0.4) is 0 Å². The molecule has 0 aliphatic rings. The zero-order valence-corrected chi connectivity index (χ0v) is 52.8. The van der Waals surface area contributed by atoms with Gasteiger partial charge in [-0.25, -0.2) is 9.03 Å². The molecule has 0 saturated carbocycles. The van der Waals surface area contributed by atoms with E-state index in [1.807, 2.05) is 92.4 Å². The monoisotopic (exact) mass is 1290 g/mol. The number of halogens is 1. The minimum Gasteiger partial charge on any atom is -0.456 e. The third kappa shape index (κ3) is 9.71. The molecule has 1 N–H and O–H groups in total. The maximum absolute atomic E-state index is 6.26. The van der Waals surface area contributed by atoms with Crippen LogP contribution < -0.4 is 10.2 Å². The van der Waals surface area contributed by atoms with Gasteiger partial charge >= 0.3 is 0 Å². The molecule has 0 saturated heterocycles. The summed E-state index contributed by atoms with van der Waals surface area (Å²) in [6, 6.07) is 102. The Balaban J connectivity index is 0.000000114. The van der Waals surface area contributed by atoms with Gasteiger partial charge in [-0.05, 0) is 136 Å². The van der Waals surface area contributed by atoms with Gasteiger partial charge in [0.25, 0.3) is 0 Å². The van der Waals surface area contributed by atoms with Crippen LogP contribution in [0.5, 0.6) is 0 Å². The zero-order valence-electron chi connectivity index (χ0n) is 49.6. The van der Waals surface area contributed by atoms with Gasteiger partial charge in [0.15, 0.2) is 0 Å². The number of thiophene rings is 2. The van der Waals surface area contributed by atoms with Gasteiger partial charge in [0.1, 0.15) is 39.4 Å². The van der Waals surface area contributed by atoms with E-state index in [9.17, 15) is 0 Å². The standard InChI is InChI=1S/C41H25N3OS.C24H15NOS.C17H11BrN2/c1-2-10-26(11-3-1)40-41(35-22-27-12-4-5-13-28(27)25-43(35)42-40)44(29-18-20-37-33(23-29)31-14-6-8-16-36(31)45-37)30-19-21-39-34(24-30)32-15-7-9-17-38(32)46-39;1-3-7-21-17(5-1)19-13-15(9-11-22(19)26-21)25-16-10-12-24-20(14-16)18-6-2-4-8-23(18)27-24;18-16-15-10-13-8-4-5-9-14(13)11-20(15)19-17(16)12-6-2-1-3-7-12/h1-25H;1-14,25H;1-11H. The molecule has 0 fully saturated rings. The van der Waals surface area contributed by atoms with Gasteiger partial charge in [0, 0.05) is 119 Å². The predicted molar refractivity (Wildman–Crippen MR) is 395 cm³/mol. The van der Waals surface area contributed by atoms with Gasteiger partial charge < -0.3 is 19.1 Å². The first-order valence-electron chi connectivity index (χ1n) is 30.8. The molecule has 93 heavy (non-hydrogen) atoms. The van der Waals surface area contributed by atoms with E-state index in [-0.39, 0.29) is 0 Å². The molecule has 0 aliphatic heterocycles. The molecule has 440 valence electrons. The van der Waals surface area contributed by atoms with Crippen molar-refractivity contribution in [2.45, 2.75) is 0 Å². The second kappa shape index (κ2) is 22.5. The highest BCUT2D eigenvalue weighted by Gasteiger charge is 2.26. The van der Waals surface area contributed by atoms with Crippen LogP contribution in [0.4, 0.5) is 28.4 Å². The number of furan rings is 2. The highest BCUT2D eigenvalue weighted by molar-refractivity contribution is 9.10. The number of nitrogens with zero attached hydrogens (tertiary/aromatic N) is 5. The molecule has 0 atom stereocenters. The SMILES string of the molecule is Brc1c(-c2ccccc2)nn2cc3ccccc3cc12.c1ccc(-c2nn3cc4ccccc4cc3c2N(c2ccc3oc4ccccc4c3c2)c2ccc3sc4ccccc4c3c2)cc1.c1ccc2c(c1)oc1ccc(Nc3ccc4sc5ccccc5c4c3)cc12. The molecule has 0 amide bonds. The van der Waals surface area contributed by atoms with Gasteiger partial charge in [0.05, 0.1) is 15.5 Å². The molecule has 8 nitrogen and oxygen atoms in total. The first-order chi connectivity index (χ1) is 46.0. The topological polar surface area (TPSA) is 76.2 Å². The lowest BCUT2D eigenvalue weighted by Crippen LogP contribution is -2.11. The Morgan fingerprint density at radius 1 is 0.333 bits per heavy atom. The molecular weight excluding hydrogens is 1240 g/mol. The third-order valence-corrected chi connectivity index (χ3v) is 20.6. The van der Waals surface area contributed by atoms with Crippen LogP contribution in [0.2, 0.25) is 0 Å². The van der Waals surface area contributed by atoms with Crippen LogP contribution in [-0.2, 0) is 0 Å². The van der Waals surface area contributed by atoms with Crippen molar-refractivity contribution in [1.82, 2.24) is 19.2 Å². The van der Waals surface area contributed by atoms with E-state index in [1.165, 1.54) is 56.5 Å². The Labute approximate surface area is 548 Å². The van der Waals surface area contributed by atoms with Crippen LogP contribution in [-0.4, -0.2) is 19.2 Å². The van der Waals surface area contributed by atoms with E-state index in [4.69, 9.17) is 19.0 Å². The summed E-state index contributed by atoms with van der Waals surface area (Å²) in [5, 5.41) is 27.9. The first-order valence-corrected chi connectivity index (χ1v) is 33.2. The lowest BCUT2D eigenvalue weighted by molar-refractivity contribution is 0.668. The van der Waals surface area contributed by atoms with Gasteiger partial charge in [-0.15, -0.1) is 22.7 Å². The fourth-order valence-corrected chi connectivity index (χ4v) is 15.9. The minimum absolute atomic E-state index is 0.873. The summed E-state index contributed by atoms with van der Waals surface area (Å²) < 4.78 is 22.4. The average molecular weight is 1300 g/mol. The number of benzene rings is 12. The minimum atomic E-state index is 0.873. The maximum Gasteiger partial charge on any atom is 0.135 e. The lowest BCUT2D eigenvalue weighted by atomic mass is 10.1. The van der Waals surface area contributed by atoms with Gasteiger partial charge in [0.2, 0.25) is 0 Å². The number of fused-ring (bicyclic) bond motifs is 16. The number of hydrogen-bond acceptors (Lipinski definition) is 8. The summed E-state index contributed by atoms with van der Waals surface area (Å²) in [5.74, 6) is 0. The van der Waals surface area contributed by atoms with Crippen LogP contribution in [0.1, 0.15) is 0 Å². The normalized spacial score (nSPS) is 11.7. The molecule has 20 aromatic rings. The van der Waals surface area contributed by atoms with E-state index in [0.29, 0.717) is 0 Å². The molecule has 11 heteroatoms. The number of pyridine rings is 2. The van der Waals surface area contributed by atoms with E-state index >= 15 is 0 Å². The zero-order chi connectivity index (χ0) is 61.5. The summed E-state index contributed by atoms with van der Waals surface area (Å²) >= 11 is 7.37. The molecule has 0 spiro atoms. The van der Waals surface area contributed by atoms with Crippen molar-refractivity contribution in [3.05, 3.63) is 308 Å². The van der Waals surface area contributed by atoms with Crippen molar-refractivity contribution in [1.29, 1.82) is 0 Å². The number of aromatic nitrogens is 4. The van der Waals surface area contributed by atoms with Crippen molar-refractivity contribution in [2.75, 3.05) is 10.2 Å². The molecule has 0 bridgehead atoms. The first kappa shape index (κ1) is 54.6. The second-order valence-electron chi connectivity index (χ2n) is 23.2. The van der Waals surface area contributed by atoms with Crippen LogP contribution in [0.15, 0.2) is 317 Å². The van der Waals surface area contributed by atoms with Crippen molar-refractivity contribution in [3.8, 4) is 22.5 Å². The van der Waals surface area contributed by atoms with Crippen molar-refractivity contribution in [3.63, 3.8) is 0 Å². The van der Waals surface area contributed by atoms with E-state index in [1.54, 1.807) is 0 Å². The summed E-state index contributed by atoms with van der Waals surface area (Å²) in [4.78, 5) is 2.38. The van der Waals surface area contributed by atoms with Crippen molar-refractivity contribution < 1.29 is 8.83 Å². The number of hydrogen-bond donors (Lipinski definition) is 1. The summed E-state index contributed by atoms with van der Waals surface area (Å²) in [5.41, 5.74) is 15.1. The van der Waals surface area contributed by atoms with E-state index < -0.39 is 0 Å². The number of anilines is 5. The van der Waals surface area contributed by atoms with Crippen LogP contribution in [0.25, 0.3) is 139 Å². The van der Waals surface area contributed by atoms with E-state index in [2.05, 4.69) is 269 Å². The molecule has 0 aliphatic carbocycles. The molecule has 0 radical (unpaired) electrons. The number of para-hydroxylation sites is 2. The van der Waals surface area contributed by atoms with Crippen molar-refractivity contribution in [2.24, 2.45) is 0 Å². The largest absolute Gasteiger partial charge is 0.456 e. The second-order valence-corrected chi connectivity index (χ2v) is 26.2. The Morgan fingerprint density at radius 2 is 0.742 bits per heavy atom. The molecule has 8 heterocycles. The molecule has 8 aromatic heterocycles. The molecule has 20 rings (SSSR count). The van der Waals surface area contributed by atoms with Crippen LogP contribution in [0, 0.1) is 0 Å². The molecule has 12 aromatic carbocycles. The fraction of sp³-hybridized carbons (Fsp3) is 0. The lowest BCUT2D eigenvalue weighted by Gasteiger charge is -2.26. The Kier molecular flexibility index (Phi) is 13.2. The predicted octanol–water partition coefficient (Wildman–Crippen LogP) is 24.5. The Bertz CT molecular complexity index is 6050. The third-order valence-electron chi connectivity index (χ3n) is 17.5. The number of rotatable bonds is 7. The van der Waals surface area contributed by atoms with Gasteiger partial charge in [-0.3, -0.25) is 0 Å². The van der Waals surface area contributed by atoms with Crippen molar-refractivity contribution >= 4 is 184 Å². The molecular formula is C82H51BrN6O2S2. The summed E-state index contributed by atoms with van der Waals surface area (Å²) in [7, 11) is 0. The van der Waals surface area contributed by atoms with Crippen LogP contribution >= 0.6 is 38.6 Å². The molecule has 0 unspecified atom stereocenters. The van der Waals surface area contributed by atoms with Gasteiger partial charge in [-0.2, -0.15) is 10.2 Å². The Hall–Kier alpha value is -11.3. The fourth-order valence-electron chi connectivity index (χ4n) is 13.1.